The molecule has 2 heterocycles. The number of aliphatic imine (C=N–C) groups is 1. The lowest BCUT2D eigenvalue weighted by atomic mass is 9.81. The van der Waals surface area contributed by atoms with Gasteiger partial charge in [0.25, 0.3) is 0 Å². The molecule has 0 spiro atoms. The second-order valence-corrected chi connectivity index (χ2v) is 14.7. The molecule has 2 unspecified atom stereocenters. The summed E-state index contributed by atoms with van der Waals surface area (Å²) in [7, 11) is 2.39. The van der Waals surface area contributed by atoms with Gasteiger partial charge in [-0.2, -0.15) is 0 Å². The van der Waals surface area contributed by atoms with E-state index in [1.165, 1.54) is 5.70 Å². The number of halogens is 3. The molecule has 0 radical (unpaired) electrons. The van der Waals surface area contributed by atoms with Gasteiger partial charge in [-0.25, -0.2) is 13.8 Å². The normalized spacial score (nSPS) is 15.3. The third-order valence-electron chi connectivity index (χ3n) is 9.00. The number of nitrogens with zero attached hydrogens (tertiary/aromatic N) is 4. The van der Waals surface area contributed by atoms with E-state index >= 15 is 0 Å². The van der Waals surface area contributed by atoms with Crippen molar-refractivity contribution in [2.45, 2.75) is 121 Å². The standard InChI is InChI=1S/C27H40F2N3P.C10H16ClN.C2H6/c1-15(2)22(16(3)4)18(7)32-11-10-31-25(17(5)6)24(30-26(31)27(32,8)9)19-12-20(14-28)23(29)21(33)13-19;1-5-8(3)9(4)12-7-10(11)6-2;1-2/h12-13,15-17,22H,7,10-11,14,33H2,1-6,8-9H3;6-8H,2,5H2,1,3-4H3;1-2H3/b;10-7+,12-9?;. The van der Waals surface area contributed by atoms with Crippen molar-refractivity contribution in [3.8, 4) is 11.3 Å². The quantitative estimate of drug-likeness (QED) is 0.134. The van der Waals surface area contributed by atoms with E-state index in [0.717, 1.165) is 48.0 Å². The number of hydrogen-bond acceptors (Lipinski definition) is 3. The Bertz CT molecular complexity index is 1400. The highest BCUT2D eigenvalue weighted by atomic mass is 35.5. The van der Waals surface area contributed by atoms with Crippen molar-refractivity contribution in [2.75, 3.05) is 6.54 Å². The third kappa shape index (κ3) is 10.3. The predicted octanol–water partition coefficient (Wildman–Crippen LogP) is 11.6. The molecule has 0 aliphatic carbocycles. The van der Waals surface area contributed by atoms with Gasteiger partial charge in [0, 0.05) is 58.7 Å². The van der Waals surface area contributed by atoms with Crippen LogP contribution in [-0.2, 0) is 18.8 Å². The zero-order chi connectivity index (χ0) is 36.4. The number of imidazole rings is 1. The van der Waals surface area contributed by atoms with Gasteiger partial charge in [-0.15, -0.1) is 9.24 Å². The Hall–Kier alpha value is -2.30. The fraction of sp³-hybridized carbons (Fsp3) is 0.590. The molecule has 4 nitrogen and oxygen atoms in total. The van der Waals surface area contributed by atoms with E-state index in [9.17, 15) is 8.78 Å². The number of benzene rings is 1. The van der Waals surface area contributed by atoms with Gasteiger partial charge in [0.15, 0.2) is 0 Å². The zero-order valence-corrected chi connectivity index (χ0v) is 33.3. The summed E-state index contributed by atoms with van der Waals surface area (Å²) in [6.45, 7) is 37.0. The Balaban J connectivity index is 0.000000667. The first-order chi connectivity index (χ1) is 21.9. The first kappa shape index (κ1) is 42.7. The summed E-state index contributed by atoms with van der Waals surface area (Å²) in [5.41, 5.74) is 4.70. The van der Waals surface area contributed by atoms with Crippen LogP contribution in [0, 0.1) is 29.5 Å². The van der Waals surface area contributed by atoms with Gasteiger partial charge < -0.3 is 9.47 Å². The van der Waals surface area contributed by atoms with Gasteiger partial charge in [-0.05, 0) is 69.1 Å². The molecular weight excluding hydrogens is 629 g/mol. The van der Waals surface area contributed by atoms with E-state index in [2.05, 4.69) is 106 Å². The van der Waals surface area contributed by atoms with Gasteiger partial charge in [0.05, 0.1) is 16.3 Å². The van der Waals surface area contributed by atoms with Crippen LogP contribution >= 0.6 is 20.8 Å². The molecule has 0 fully saturated rings. The molecule has 0 amide bonds. The lowest BCUT2D eigenvalue weighted by Crippen LogP contribution is -2.50. The molecule has 8 heteroatoms. The maximum atomic E-state index is 14.4. The van der Waals surface area contributed by atoms with E-state index in [1.54, 1.807) is 24.4 Å². The van der Waals surface area contributed by atoms with Gasteiger partial charge in [0.1, 0.15) is 18.3 Å². The monoisotopic (exact) mass is 690 g/mol. The zero-order valence-electron chi connectivity index (χ0n) is 31.4. The minimum Gasteiger partial charge on any atom is -0.361 e. The van der Waals surface area contributed by atoms with E-state index in [-0.39, 0.29) is 17.0 Å². The minimum atomic E-state index is -0.837. The average molecular weight is 691 g/mol. The number of rotatable bonds is 11. The van der Waals surface area contributed by atoms with Crippen molar-refractivity contribution in [3.63, 3.8) is 0 Å². The van der Waals surface area contributed by atoms with E-state index < -0.39 is 12.5 Å². The van der Waals surface area contributed by atoms with Crippen LogP contribution < -0.4 is 5.30 Å². The average Bonchev–Trinajstić information content (AvgIpc) is 3.43. The van der Waals surface area contributed by atoms with Gasteiger partial charge in [0.2, 0.25) is 0 Å². The SMILES string of the molecule is C=C(C(C(C)C)C(C)C)N1CCn2c(nc(-c3cc(P)c(F)c(CF)c3)c2C(C)C)C1(C)C.C=C/C(Cl)=C\N=C(C)C(C)CC.CC. The molecule has 0 N–H and O–H groups in total. The van der Waals surface area contributed by atoms with Crippen molar-refractivity contribution in [1.82, 2.24) is 14.5 Å². The van der Waals surface area contributed by atoms with E-state index in [4.69, 9.17) is 16.6 Å². The Morgan fingerprint density at radius 3 is 2.15 bits per heavy atom. The lowest BCUT2D eigenvalue weighted by Gasteiger charge is -2.48. The molecule has 0 bridgehead atoms. The summed E-state index contributed by atoms with van der Waals surface area (Å²) in [5.74, 6) is 2.60. The van der Waals surface area contributed by atoms with Crippen molar-refractivity contribution < 1.29 is 8.78 Å². The molecule has 1 aliphatic heterocycles. The molecule has 1 aromatic heterocycles. The number of hydrogen-bond donors (Lipinski definition) is 0. The van der Waals surface area contributed by atoms with Crippen molar-refractivity contribution in [2.24, 2.45) is 28.7 Å². The summed E-state index contributed by atoms with van der Waals surface area (Å²) in [5, 5.41) is 0.949. The van der Waals surface area contributed by atoms with Crippen LogP contribution in [0.25, 0.3) is 11.3 Å². The van der Waals surface area contributed by atoms with Crippen LogP contribution in [-0.4, -0.2) is 26.7 Å². The van der Waals surface area contributed by atoms with Crippen LogP contribution in [0.5, 0.6) is 0 Å². The molecule has 1 aromatic carbocycles. The molecule has 47 heavy (non-hydrogen) atoms. The number of aromatic nitrogens is 2. The molecule has 2 atom stereocenters. The summed E-state index contributed by atoms with van der Waals surface area (Å²) in [4.78, 5) is 11.8. The summed E-state index contributed by atoms with van der Waals surface area (Å²) < 4.78 is 30.2. The van der Waals surface area contributed by atoms with Crippen LogP contribution in [0.15, 0.2) is 53.3 Å². The maximum absolute atomic E-state index is 14.4. The fourth-order valence-corrected chi connectivity index (χ4v) is 6.77. The number of allylic oxidation sites excluding steroid dienone is 3. The Kier molecular flexibility index (Phi) is 17.3. The number of alkyl halides is 1. The smallest absolute Gasteiger partial charge is 0.136 e. The molecule has 0 saturated carbocycles. The van der Waals surface area contributed by atoms with Crippen LogP contribution in [0.1, 0.15) is 119 Å². The second-order valence-electron chi connectivity index (χ2n) is 13.7. The molecule has 1 aliphatic rings. The maximum Gasteiger partial charge on any atom is 0.136 e. The van der Waals surface area contributed by atoms with Crippen molar-refractivity contribution >= 4 is 31.9 Å². The second kappa shape index (κ2) is 19.0. The summed E-state index contributed by atoms with van der Waals surface area (Å²) >= 11 is 5.69. The van der Waals surface area contributed by atoms with E-state index in [1.807, 2.05) is 20.8 Å². The highest BCUT2D eigenvalue weighted by Gasteiger charge is 2.42. The first-order valence-corrected chi connectivity index (χ1v) is 18.1. The van der Waals surface area contributed by atoms with Crippen LogP contribution in [0.2, 0.25) is 0 Å². The minimum absolute atomic E-state index is 0.0733. The van der Waals surface area contributed by atoms with Crippen molar-refractivity contribution in [3.05, 3.63) is 71.2 Å². The fourth-order valence-electron chi connectivity index (χ4n) is 6.36. The molecule has 264 valence electrons. The Morgan fingerprint density at radius 2 is 1.68 bits per heavy atom. The number of fused-ring (bicyclic) bond motifs is 1. The van der Waals surface area contributed by atoms with Gasteiger partial charge in [-0.3, -0.25) is 4.99 Å². The first-order valence-electron chi connectivity index (χ1n) is 17.2. The van der Waals surface area contributed by atoms with Crippen LogP contribution in [0.4, 0.5) is 8.78 Å². The third-order valence-corrected chi connectivity index (χ3v) is 9.67. The molecular formula is C39H62ClF2N4P. The Morgan fingerprint density at radius 1 is 1.11 bits per heavy atom. The summed E-state index contributed by atoms with van der Waals surface area (Å²) in [6.07, 6.45) is 4.32. The molecule has 0 saturated heterocycles. The van der Waals surface area contributed by atoms with E-state index in [0.29, 0.717) is 34.0 Å². The summed E-state index contributed by atoms with van der Waals surface area (Å²) in [6, 6.07) is 3.37. The van der Waals surface area contributed by atoms with Gasteiger partial charge >= 0.3 is 0 Å². The van der Waals surface area contributed by atoms with Crippen molar-refractivity contribution in [1.29, 1.82) is 0 Å². The van der Waals surface area contributed by atoms with Gasteiger partial charge in [-0.1, -0.05) is 94.0 Å². The lowest BCUT2D eigenvalue weighted by molar-refractivity contribution is 0.0876. The molecule has 3 rings (SSSR count). The highest BCUT2D eigenvalue weighted by molar-refractivity contribution is 7.27. The predicted molar refractivity (Wildman–Crippen MR) is 206 cm³/mol. The highest BCUT2D eigenvalue weighted by Crippen LogP contribution is 2.43. The Labute approximate surface area is 293 Å². The van der Waals surface area contributed by atoms with Crippen LogP contribution in [0.3, 0.4) is 0 Å². The topological polar surface area (TPSA) is 33.4 Å². The molecule has 2 aromatic rings. The largest absolute Gasteiger partial charge is 0.361 e.